The number of amides is 2. The van der Waals surface area contributed by atoms with Crippen LogP contribution in [0.5, 0.6) is 11.5 Å². The summed E-state index contributed by atoms with van der Waals surface area (Å²) in [4.78, 5) is 26.4. The van der Waals surface area contributed by atoms with Gasteiger partial charge in [0.15, 0.2) is 11.5 Å². The molecule has 1 fully saturated rings. The predicted octanol–water partition coefficient (Wildman–Crippen LogP) is 2.94. The molecule has 0 aliphatic carbocycles. The lowest BCUT2D eigenvalue weighted by Gasteiger charge is -2.32. The average molecular weight is 367 g/mol. The number of hydrogen-bond donors (Lipinski definition) is 1. The van der Waals surface area contributed by atoms with Crippen molar-refractivity contribution in [3.8, 4) is 11.5 Å². The highest BCUT2D eigenvalue weighted by Crippen LogP contribution is 2.38. The van der Waals surface area contributed by atoms with Gasteiger partial charge < -0.3 is 19.7 Å². The van der Waals surface area contributed by atoms with Gasteiger partial charge in [-0.1, -0.05) is 25.4 Å². The Morgan fingerprint density at radius 2 is 1.76 bits per heavy atom. The minimum absolute atomic E-state index is 0.0121. The molecule has 2 aliphatic rings. The van der Waals surface area contributed by atoms with Crippen LogP contribution in [0.15, 0.2) is 12.1 Å². The first-order valence-electron chi connectivity index (χ1n) is 8.64. The van der Waals surface area contributed by atoms with Crippen LogP contribution in [-0.4, -0.2) is 43.0 Å². The third-order valence-corrected chi connectivity index (χ3v) is 4.87. The number of nitrogens with one attached hydrogen (secondary N) is 1. The Kier molecular flexibility index (Phi) is 5.37. The molecule has 0 spiro atoms. The molecule has 2 amide bonds. The summed E-state index contributed by atoms with van der Waals surface area (Å²) in [5.74, 6) is 1.12. The summed E-state index contributed by atoms with van der Waals surface area (Å²) in [6, 6.07) is 3.36. The number of ether oxygens (including phenoxy) is 2. The minimum atomic E-state index is -0.125. The number of hydrogen-bond acceptors (Lipinski definition) is 4. The summed E-state index contributed by atoms with van der Waals surface area (Å²) in [5, 5.41) is 3.31. The molecular weight excluding hydrogens is 344 g/mol. The Labute approximate surface area is 152 Å². The van der Waals surface area contributed by atoms with Gasteiger partial charge in [-0.3, -0.25) is 9.59 Å². The molecule has 136 valence electrons. The van der Waals surface area contributed by atoms with E-state index < -0.39 is 0 Å². The Hall–Kier alpha value is -1.95. The largest absolute Gasteiger partial charge is 0.486 e. The van der Waals surface area contributed by atoms with Gasteiger partial charge in [-0.25, -0.2) is 0 Å². The van der Waals surface area contributed by atoms with Crippen LogP contribution in [0.1, 0.15) is 26.7 Å². The normalized spacial score (nSPS) is 17.5. The van der Waals surface area contributed by atoms with Crippen molar-refractivity contribution in [1.82, 2.24) is 4.90 Å². The van der Waals surface area contributed by atoms with Crippen molar-refractivity contribution in [3.05, 3.63) is 17.2 Å². The van der Waals surface area contributed by atoms with Crippen molar-refractivity contribution in [2.45, 2.75) is 26.7 Å². The fraction of sp³-hybridized carbons (Fsp3) is 0.556. The monoisotopic (exact) mass is 366 g/mol. The van der Waals surface area contributed by atoms with Gasteiger partial charge in [-0.15, -0.1) is 0 Å². The van der Waals surface area contributed by atoms with Crippen LogP contribution in [-0.2, 0) is 9.59 Å². The zero-order valence-corrected chi connectivity index (χ0v) is 15.3. The maximum atomic E-state index is 12.6. The first kappa shape index (κ1) is 17.9. The molecule has 0 bridgehead atoms. The van der Waals surface area contributed by atoms with Gasteiger partial charge in [0, 0.05) is 37.1 Å². The number of anilines is 1. The molecule has 0 aromatic heterocycles. The van der Waals surface area contributed by atoms with Crippen LogP contribution in [0.25, 0.3) is 0 Å². The lowest BCUT2D eigenvalue weighted by atomic mass is 9.95. The van der Waals surface area contributed by atoms with E-state index in [-0.39, 0.29) is 23.7 Å². The van der Waals surface area contributed by atoms with E-state index in [4.69, 9.17) is 21.1 Å². The van der Waals surface area contributed by atoms with Crippen molar-refractivity contribution >= 4 is 29.1 Å². The number of carbonyl (C=O) groups excluding carboxylic acids is 2. The van der Waals surface area contributed by atoms with Crippen molar-refractivity contribution < 1.29 is 19.1 Å². The van der Waals surface area contributed by atoms with Crippen LogP contribution in [0.3, 0.4) is 0 Å². The second kappa shape index (κ2) is 7.52. The number of likely N-dealkylation sites (tertiary alicyclic amines) is 1. The summed E-state index contributed by atoms with van der Waals surface area (Å²) >= 11 is 6.24. The van der Waals surface area contributed by atoms with Crippen LogP contribution in [0.2, 0.25) is 5.02 Å². The molecule has 3 rings (SSSR count). The predicted molar refractivity (Wildman–Crippen MR) is 95.2 cm³/mol. The van der Waals surface area contributed by atoms with Crippen molar-refractivity contribution in [2.75, 3.05) is 31.6 Å². The highest BCUT2D eigenvalue weighted by atomic mass is 35.5. The topological polar surface area (TPSA) is 67.9 Å². The zero-order valence-electron chi connectivity index (χ0n) is 14.5. The number of halogens is 1. The van der Waals surface area contributed by atoms with E-state index >= 15 is 0 Å². The molecule has 1 aromatic carbocycles. The van der Waals surface area contributed by atoms with Gasteiger partial charge >= 0.3 is 0 Å². The molecule has 25 heavy (non-hydrogen) atoms. The van der Waals surface area contributed by atoms with E-state index in [1.807, 2.05) is 18.7 Å². The maximum absolute atomic E-state index is 12.6. The summed E-state index contributed by atoms with van der Waals surface area (Å²) in [5.41, 5.74) is 0.525. The van der Waals surface area contributed by atoms with Crippen LogP contribution >= 0.6 is 11.6 Å². The lowest BCUT2D eigenvalue weighted by molar-refractivity contribution is -0.137. The van der Waals surface area contributed by atoms with E-state index in [2.05, 4.69) is 5.32 Å². The second-order valence-corrected chi connectivity index (χ2v) is 7.13. The van der Waals surface area contributed by atoms with Gasteiger partial charge in [-0.2, -0.15) is 0 Å². The number of fused-ring (bicyclic) bond motifs is 1. The number of rotatable bonds is 3. The third kappa shape index (κ3) is 4.00. The van der Waals surface area contributed by atoms with Crippen molar-refractivity contribution in [2.24, 2.45) is 11.8 Å². The molecule has 1 N–H and O–H groups in total. The molecule has 0 atom stereocenters. The van der Waals surface area contributed by atoms with Gasteiger partial charge in [0.1, 0.15) is 13.2 Å². The van der Waals surface area contributed by atoms with E-state index in [9.17, 15) is 9.59 Å². The number of carbonyl (C=O) groups is 2. The average Bonchev–Trinajstić information content (AvgIpc) is 2.61. The molecule has 6 nitrogen and oxygen atoms in total. The quantitative estimate of drug-likeness (QED) is 0.893. The van der Waals surface area contributed by atoms with Crippen LogP contribution in [0, 0.1) is 11.8 Å². The van der Waals surface area contributed by atoms with E-state index in [1.165, 1.54) is 0 Å². The first-order valence-corrected chi connectivity index (χ1v) is 9.02. The van der Waals surface area contributed by atoms with Crippen molar-refractivity contribution in [1.29, 1.82) is 0 Å². The first-order chi connectivity index (χ1) is 12.0. The molecule has 2 aliphatic heterocycles. The summed E-state index contributed by atoms with van der Waals surface area (Å²) in [6.45, 7) is 5.98. The molecule has 2 heterocycles. The van der Waals surface area contributed by atoms with Crippen LogP contribution in [0.4, 0.5) is 5.69 Å². The van der Waals surface area contributed by atoms with Gasteiger partial charge in [0.25, 0.3) is 0 Å². The van der Waals surface area contributed by atoms with Crippen molar-refractivity contribution in [3.63, 3.8) is 0 Å². The molecule has 1 aromatic rings. The lowest BCUT2D eigenvalue weighted by Crippen LogP contribution is -2.43. The van der Waals surface area contributed by atoms with Gasteiger partial charge in [-0.05, 0) is 12.8 Å². The fourth-order valence-electron chi connectivity index (χ4n) is 3.12. The van der Waals surface area contributed by atoms with Gasteiger partial charge in [0.2, 0.25) is 11.8 Å². The van der Waals surface area contributed by atoms with E-state index in [0.29, 0.717) is 61.4 Å². The summed E-state index contributed by atoms with van der Waals surface area (Å²) in [6.07, 6.45) is 1.32. The molecule has 0 saturated carbocycles. The smallest absolute Gasteiger partial charge is 0.227 e. The zero-order chi connectivity index (χ0) is 18.0. The number of nitrogens with zero attached hydrogens (tertiary/aromatic N) is 1. The molecule has 0 radical (unpaired) electrons. The minimum Gasteiger partial charge on any atom is -0.486 e. The SMILES string of the molecule is CC(C)C(=O)N1CCC(C(=O)Nc2cc3c(cc2Cl)OCCO3)CC1. The third-order valence-electron chi connectivity index (χ3n) is 4.56. The van der Waals surface area contributed by atoms with E-state index in [1.54, 1.807) is 12.1 Å². The van der Waals surface area contributed by atoms with Gasteiger partial charge in [0.05, 0.1) is 10.7 Å². The van der Waals surface area contributed by atoms with Crippen LogP contribution < -0.4 is 14.8 Å². The molecule has 7 heteroatoms. The Morgan fingerprint density at radius 1 is 1.16 bits per heavy atom. The molecular formula is C18H23ClN2O4. The number of piperidine rings is 1. The van der Waals surface area contributed by atoms with E-state index in [0.717, 1.165) is 0 Å². The summed E-state index contributed by atoms with van der Waals surface area (Å²) in [7, 11) is 0. The Bertz CT molecular complexity index is 669. The molecule has 1 saturated heterocycles. The number of benzene rings is 1. The Balaban J connectivity index is 1.61. The summed E-state index contributed by atoms with van der Waals surface area (Å²) < 4.78 is 11.0. The highest BCUT2D eigenvalue weighted by Gasteiger charge is 2.28. The maximum Gasteiger partial charge on any atom is 0.227 e. The standard InChI is InChI=1S/C18H23ClN2O4/c1-11(2)18(23)21-5-3-12(4-6-21)17(22)20-14-10-16-15(9-13(14)19)24-7-8-25-16/h9-12H,3-8H2,1-2H3,(H,20,22). The second-order valence-electron chi connectivity index (χ2n) is 6.72. The fourth-order valence-corrected chi connectivity index (χ4v) is 3.32. The molecule has 0 unspecified atom stereocenters. The Morgan fingerprint density at radius 3 is 2.36 bits per heavy atom. The highest BCUT2D eigenvalue weighted by molar-refractivity contribution is 6.34.